The average molecular weight is 335 g/mol. The number of hydrogen-bond acceptors (Lipinski definition) is 3. The van der Waals surface area contributed by atoms with E-state index < -0.39 is 57.9 Å². The van der Waals surface area contributed by atoms with E-state index in [1.165, 1.54) is 12.4 Å². The summed E-state index contributed by atoms with van der Waals surface area (Å²) in [6, 6.07) is 0. The van der Waals surface area contributed by atoms with Gasteiger partial charge in [0.2, 0.25) is 5.82 Å². The quantitative estimate of drug-likeness (QED) is 0.511. The molecular weight excluding hydrogens is 329 g/mol. The number of carboxylic acid groups (broad SMARTS) is 1. The minimum atomic E-state index is -2.38. The van der Waals surface area contributed by atoms with Gasteiger partial charge in [-0.2, -0.15) is 5.10 Å². The summed E-state index contributed by atoms with van der Waals surface area (Å²) in [6.07, 6.45) is 0.769. The lowest BCUT2D eigenvalue weighted by molar-refractivity contribution is 0.0680. The fourth-order valence-electron chi connectivity index (χ4n) is 1.75. The number of carbonyl (C=O) groups excluding carboxylic acids is 1. The lowest BCUT2D eigenvalue weighted by Gasteiger charge is -2.09. The molecule has 0 radical (unpaired) electrons. The second-order valence-corrected chi connectivity index (χ2v) is 4.23. The molecule has 0 aliphatic carbocycles. The topological polar surface area (TPSA) is 84.2 Å². The molecule has 1 aromatic carbocycles. The van der Waals surface area contributed by atoms with Gasteiger partial charge in [0.1, 0.15) is 5.69 Å². The van der Waals surface area contributed by atoms with Crippen molar-refractivity contribution in [1.29, 1.82) is 0 Å². The van der Waals surface area contributed by atoms with Gasteiger partial charge >= 0.3 is 5.97 Å². The van der Waals surface area contributed by atoms with E-state index in [4.69, 9.17) is 5.11 Å². The second-order valence-electron chi connectivity index (χ2n) is 4.23. The Morgan fingerprint density at radius 1 is 1.04 bits per heavy atom. The molecule has 11 heteroatoms. The molecule has 0 saturated carbocycles. The minimum absolute atomic E-state index is 0.621. The molecule has 0 fully saturated rings. The fraction of sp³-hybridized carbons (Fsp3) is 0.0833. The molecule has 0 aliphatic heterocycles. The number of hydrogen-bond donors (Lipinski definition) is 2. The van der Waals surface area contributed by atoms with E-state index >= 15 is 0 Å². The molecular formula is C12H6F5N3O3. The zero-order valence-corrected chi connectivity index (χ0v) is 11.1. The molecule has 1 amide bonds. The van der Waals surface area contributed by atoms with Crippen molar-refractivity contribution in [3.05, 3.63) is 46.5 Å². The number of aromatic nitrogens is 2. The number of aromatic carboxylic acids is 1. The largest absolute Gasteiger partial charge is 0.477 e. The Kier molecular flexibility index (Phi) is 4.04. The number of carboxylic acids is 1. The average Bonchev–Trinajstić information content (AvgIpc) is 2.89. The zero-order chi connectivity index (χ0) is 17.5. The van der Waals surface area contributed by atoms with Crippen LogP contribution < -0.4 is 5.32 Å². The van der Waals surface area contributed by atoms with Gasteiger partial charge in [-0.25, -0.2) is 26.7 Å². The summed E-state index contributed by atoms with van der Waals surface area (Å²) in [5.74, 6) is -14.4. The smallest absolute Gasteiger partial charge is 0.354 e. The first-order valence-corrected chi connectivity index (χ1v) is 5.74. The van der Waals surface area contributed by atoms with Crippen molar-refractivity contribution < 1.29 is 36.6 Å². The number of nitrogens with zero attached hydrogens (tertiary/aromatic N) is 2. The molecule has 23 heavy (non-hydrogen) atoms. The maximum absolute atomic E-state index is 13.5. The van der Waals surface area contributed by atoms with E-state index in [1.807, 2.05) is 0 Å². The van der Waals surface area contributed by atoms with Crippen molar-refractivity contribution in [1.82, 2.24) is 9.78 Å². The van der Waals surface area contributed by atoms with Crippen molar-refractivity contribution >= 4 is 17.6 Å². The van der Waals surface area contributed by atoms with Gasteiger partial charge in [-0.15, -0.1) is 0 Å². The van der Waals surface area contributed by atoms with Gasteiger partial charge in [0, 0.05) is 7.05 Å². The monoisotopic (exact) mass is 335 g/mol. The third-order valence-electron chi connectivity index (χ3n) is 2.83. The Morgan fingerprint density at radius 2 is 1.52 bits per heavy atom. The van der Waals surface area contributed by atoms with Crippen molar-refractivity contribution in [2.75, 3.05) is 5.32 Å². The van der Waals surface area contributed by atoms with Gasteiger partial charge < -0.3 is 10.4 Å². The summed E-state index contributed by atoms with van der Waals surface area (Å²) in [6.45, 7) is 0. The van der Waals surface area contributed by atoms with Crippen LogP contribution in [0.15, 0.2) is 6.20 Å². The number of rotatable bonds is 3. The third-order valence-corrected chi connectivity index (χ3v) is 2.83. The highest BCUT2D eigenvalue weighted by molar-refractivity contribution is 6.10. The maximum Gasteiger partial charge on any atom is 0.354 e. The van der Waals surface area contributed by atoms with Gasteiger partial charge in [0.25, 0.3) is 5.91 Å². The summed E-state index contributed by atoms with van der Waals surface area (Å²) < 4.78 is 66.7. The second kappa shape index (κ2) is 5.66. The SMILES string of the molecule is Cn1ncc(C(=O)Nc2c(F)c(F)c(F)c(F)c2F)c1C(=O)O. The summed E-state index contributed by atoms with van der Waals surface area (Å²) in [7, 11) is 1.18. The number of carbonyl (C=O) groups is 2. The van der Waals surface area contributed by atoms with Crippen LogP contribution in [0.2, 0.25) is 0 Å². The molecule has 2 rings (SSSR count). The van der Waals surface area contributed by atoms with Crippen molar-refractivity contribution in [3.8, 4) is 0 Å². The van der Waals surface area contributed by atoms with Gasteiger partial charge in [0.05, 0.1) is 11.8 Å². The van der Waals surface area contributed by atoms with Crippen molar-refractivity contribution in [2.24, 2.45) is 7.05 Å². The summed E-state index contributed by atoms with van der Waals surface area (Å²) in [5.41, 5.74) is -2.85. The highest BCUT2D eigenvalue weighted by Gasteiger charge is 2.29. The molecule has 2 N–H and O–H groups in total. The predicted octanol–water partition coefficient (Wildman–Crippen LogP) is 2.07. The number of benzene rings is 1. The van der Waals surface area contributed by atoms with Crippen LogP contribution in [0.5, 0.6) is 0 Å². The van der Waals surface area contributed by atoms with E-state index in [0.717, 1.165) is 10.9 Å². The van der Waals surface area contributed by atoms with Gasteiger partial charge in [-0.3, -0.25) is 9.48 Å². The Labute approximate surface area is 124 Å². The molecule has 6 nitrogen and oxygen atoms in total. The molecule has 0 saturated heterocycles. The first-order chi connectivity index (χ1) is 10.7. The van der Waals surface area contributed by atoms with Crippen LogP contribution in [0.25, 0.3) is 0 Å². The van der Waals surface area contributed by atoms with E-state index in [1.54, 1.807) is 0 Å². The van der Waals surface area contributed by atoms with Crippen LogP contribution in [0, 0.1) is 29.1 Å². The lowest BCUT2D eigenvalue weighted by Crippen LogP contribution is -2.19. The molecule has 1 heterocycles. The summed E-state index contributed by atoms with van der Waals surface area (Å²) >= 11 is 0. The summed E-state index contributed by atoms with van der Waals surface area (Å²) in [4.78, 5) is 22.9. The number of aryl methyl sites for hydroxylation is 1. The van der Waals surface area contributed by atoms with E-state index in [-0.39, 0.29) is 0 Å². The normalized spacial score (nSPS) is 10.7. The lowest BCUT2D eigenvalue weighted by atomic mass is 10.2. The van der Waals surface area contributed by atoms with Crippen LogP contribution in [0.4, 0.5) is 27.6 Å². The standard InChI is InChI=1S/C12H6F5N3O3/c1-20-10(12(22)23)3(2-18-20)11(21)19-9-7(16)5(14)4(13)6(15)8(9)17/h2H,1H3,(H,19,21)(H,22,23). The summed E-state index contributed by atoms with van der Waals surface area (Å²) in [5, 5.41) is 13.9. The van der Waals surface area contributed by atoms with E-state index in [2.05, 4.69) is 5.10 Å². The van der Waals surface area contributed by atoms with E-state index in [9.17, 15) is 31.5 Å². The minimum Gasteiger partial charge on any atom is -0.477 e. The molecule has 122 valence electrons. The molecule has 0 atom stereocenters. The predicted molar refractivity (Wildman–Crippen MR) is 64.4 cm³/mol. The Morgan fingerprint density at radius 3 is 2.00 bits per heavy atom. The van der Waals surface area contributed by atoms with Crippen LogP contribution in [-0.4, -0.2) is 26.8 Å². The van der Waals surface area contributed by atoms with Crippen molar-refractivity contribution in [2.45, 2.75) is 0 Å². The van der Waals surface area contributed by atoms with Gasteiger partial charge in [0.15, 0.2) is 29.0 Å². The van der Waals surface area contributed by atoms with Gasteiger partial charge in [-0.05, 0) is 0 Å². The number of amides is 1. The highest BCUT2D eigenvalue weighted by atomic mass is 19.2. The molecule has 1 aromatic heterocycles. The highest BCUT2D eigenvalue weighted by Crippen LogP contribution is 2.27. The van der Waals surface area contributed by atoms with Gasteiger partial charge in [-0.1, -0.05) is 0 Å². The zero-order valence-electron chi connectivity index (χ0n) is 11.1. The van der Waals surface area contributed by atoms with Crippen LogP contribution in [-0.2, 0) is 7.05 Å². The van der Waals surface area contributed by atoms with Crippen LogP contribution >= 0.6 is 0 Å². The Hall–Kier alpha value is -2.98. The van der Waals surface area contributed by atoms with Crippen LogP contribution in [0.3, 0.4) is 0 Å². The first kappa shape index (κ1) is 16.4. The molecule has 2 aromatic rings. The number of halogens is 5. The maximum atomic E-state index is 13.5. The number of anilines is 1. The fourth-order valence-corrected chi connectivity index (χ4v) is 1.75. The Balaban J connectivity index is 2.49. The molecule has 0 aliphatic rings. The molecule has 0 spiro atoms. The molecule has 0 unspecified atom stereocenters. The Bertz CT molecular complexity index is 805. The number of nitrogens with one attached hydrogen (secondary N) is 1. The first-order valence-electron chi connectivity index (χ1n) is 5.74. The molecule has 0 bridgehead atoms. The van der Waals surface area contributed by atoms with E-state index in [0.29, 0.717) is 0 Å². The third kappa shape index (κ3) is 2.60. The van der Waals surface area contributed by atoms with Crippen LogP contribution in [0.1, 0.15) is 20.8 Å². The van der Waals surface area contributed by atoms with Crippen molar-refractivity contribution in [3.63, 3.8) is 0 Å².